The summed E-state index contributed by atoms with van der Waals surface area (Å²) in [7, 11) is 3.31. The number of hydrogen-bond acceptors (Lipinski definition) is 5. The van der Waals surface area contributed by atoms with Gasteiger partial charge in [0.15, 0.2) is 0 Å². The summed E-state index contributed by atoms with van der Waals surface area (Å²) in [5, 5.41) is 0. The minimum Gasteiger partial charge on any atom is -0.497 e. The predicted octanol–water partition coefficient (Wildman–Crippen LogP) is 5.85. The first-order valence-corrected chi connectivity index (χ1v) is 12.0. The fourth-order valence-electron chi connectivity index (χ4n) is 5.04. The van der Waals surface area contributed by atoms with Crippen molar-refractivity contribution < 1.29 is 23.7 Å². The van der Waals surface area contributed by atoms with Gasteiger partial charge in [0.2, 0.25) is 0 Å². The Hall–Kier alpha value is -3.31. The molecule has 0 heterocycles. The van der Waals surface area contributed by atoms with Crippen molar-refractivity contribution >= 4 is 5.97 Å². The second kappa shape index (κ2) is 10.1. The molecule has 0 amide bonds. The third-order valence-corrected chi connectivity index (χ3v) is 7.24. The standard InChI is InChI=1S/C30H34O5/c1-6-34-28(31)27-26(29(27,2)3)20-35-30(21-10-8-7-9-11-21,22-12-16-24(32-4)17-13-22)23-14-18-25(33-5)19-15-23/h7-19,26-27H,6,20H2,1-5H3. The quantitative estimate of drug-likeness (QED) is 0.273. The van der Waals surface area contributed by atoms with E-state index in [2.05, 4.69) is 26.0 Å². The van der Waals surface area contributed by atoms with Gasteiger partial charge >= 0.3 is 5.97 Å². The molecule has 2 atom stereocenters. The van der Waals surface area contributed by atoms with Crippen LogP contribution in [0.15, 0.2) is 78.9 Å². The zero-order chi connectivity index (χ0) is 25.1. The lowest BCUT2D eigenvalue weighted by Gasteiger charge is -2.36. The molecule has 0 aromatic heterocycles. The Kier molecular flexibility index (Phi) is 7.18. The molecule has 2 unspecified atom stereocenters. The molecule has 5 heteroatoms. The van der Waals surface area contributed by atoms with Crippen LogP contribution < -0.4 is 9.47 Å². The molecule has 1 fully saturated rings. The second-order valence-electron chi connectivity index (χ2n) is 9.47. The van der Waals surface area contributed by atoms with Gasteiger partial charge in [-0.15, -0.1) is 0 Å². The average molecular weight is 475 g/mol. The van der Waals surface area contributed by atoms with Crippen LogP contribution in [0, 0.1) is 17.3 Å². The molecule has 1 aliphatic carbocycles. The van der Waals surface area contributed by atoms with Crippen molar-refractivity contribution in [3.63, 3.8) is 0 Å². The van der Waals surface area contributed by atoms with E-state index < -0.39 is 5.60 Å². The molecule has 3 aromatic carbocycles. The summed E-state index contributed by atoms with van der Waals surface area (Å²) in [5.41, 5.74) is 1.87. The first kappa shape index (κ1) is 24.8. The van der Waals surface area contributed by atoms with Crippen molar-refractivity contribution in [1.82, 2.24) is 0 Å². The highest BCUT2D eigenvalue weighted by Crippen LogP contribution is 2.59. The lowest BCUT2D eigenvalue weighted by atomic mass is 9.80. The molecule has 0 radical (unpaired) electrons. The van der Waals surface area contributed by atoms with Gasteiger partial charge in [0.1, 0.15) is 17.1 Å². The summed E-state index contributed by atoms with van der Waals surface area (Å²) >= 11 is 0. The molecule has 184 valence electrons. The van der Waals surface area contributed by atoms with E-state index >= 15 is 0 Å². The first-order chi connectivity index (χ1) is 16.9. The number of rotatable bonds is 10. The van der Waals surface area contributed by atoms with E-state index in [1.807, 2.05) is 73.7 Å². The maximum atomic E-state index is 12.6. The number of benzene rings is 3. The molecule has 35 heavy (non-hydrogen) atoms. The summed E-state index contributed by atoms with van der Waals surface area (Å²) in [4.78, 5) is 12.6. The molecular formula is C30H34O5. The van der Waals surface area contributed by atoms with Crippen LogP contribution in [0.5, 0.6) is 11.5 Å². The van der Waals surface area contributed by atoms with Gasteiger partial charge < -0.3 is 18.9 Å². The number of methoxy groups -OCH3 is 2. The summed E-state index contributed by atoms with van der Waals surface area (Å²) < 4.78 is 23.1. The normalized spacial score (nSPS) is 18.5. The lowest BCUT2D eigenvalue weighted by Crippen LogP contribution is -2.34. The fourth-order valence-corrected chi connectivity index (χ4v) is 5.04. The van der Waals surface area contributed by atoms with Crippen molar-refractivity contribution in [2.75, 3.05) is 27.4 Å². The van der Waals surface area contributed by atoms with Crippen LogP contribution in [0.1, 0.15) is 37.5 Å². The monoisotopic (exact) mass is 474 g/mol. The van der Waals surface area contributed by atoms with E-state index in [0.29, 0.717) is 13.2 Å². The number of carbonyl (C=O) groups excluding carboxylic acids is 1. The SMILES string of the molecule is CCOC(=O)C1C(COC(c2ccccc2)(c2ccc(OC)cc2)c2ccc(OC)cc2)C1(C)C. The third kappa shape index (κ3) is 4.65. The molecule has 4 rings (SSSR count). The Balaban J connectivity index is 1.80. The molecule has 1 aliphatic rings. The van der Waals surface area contributed by atoms with E-state index in [4.69, 9.17) is 18.9 Å². The summed E-state index contributed by atoms with van der Waals surface area (Å²) in [6.45, 7) is 6.84. The van der Waals surface area contributed by atoms with Crippen LogP contribution >= 0.6 is 0 Å². The van der Waals surface area contributed by atoms with Crippen LogP contribution in [-0.2, 0) is 19.9 Å². The lowest BCUT2D eigenvalue weighted by molar-refractivity contribution is -0.146. The van der Waals surface area contributed by atoms with E-state index in [1.165, 1.54) is 0 Å². The molecule has 1 saturated carbocycles. The van der Waals surface area contributed by atoms with Crippen LogP contribution in [0.2, 0.25) is 0 Å². The molecule has 0 aliphatic heterocycles. The number of ether oxygens (including phenoxy) is 4. The highest BCUT2D eigenvalue weighted by atomic mass is 16.5. The van der Waals surface area contributed by atoms with Crippen molar-refractivity contribution in [3.8, 4) is 11.5 Å². The molecule has 0 N–H and O–H groups in total. The Morgan fingerprint density at radius 1 is 0.800 bits per heavy atom. The average Bonchev–Trinajstić information content (AvgIpc) is 3.46. The number of esters is 1. The van der Waals surface area contributed by atoms with E-state index in [-0.39, 0.29) is 23.2 Å². The number of carbonyl (C=O) groups is 1. The Morgan fingerprint density at radius 2 is 1.29 bits per heavy atom. The van der Waals surface area contributed by atoms with Gasteiger partial charge in [-0.05, 0) is 53.3 Å². The largest absolute Gasteiger partial charge is 0.497 e. The van der Waals surface area contributed by atoms with Gasteiger partial charge in [0, 0.05) is 5.92 Å². The topological polar surface area (TPSA) is 54.0 Å². The fraction of sp³-hybridized carbons (Fsp3) is 0.367. The molecule has 0 saturated heterocycles. The summed E-state index contributed by atoms with van der Waals surface area (Å²) in [5.74, 6) is 1.28. The minimum atomic E-state index is -0.891. The van der Waals surface area contributed by atoms with Gasteiger partial charge in [-0.25, -0.2) is 0 Å². The maximum Gasteiger partial charge on any atom is 0.309 e. The van der Waals surface area contributed by atoms with Crippen molar-refractivity contribution in [1.29, 1.82) is 0 Å². The smallest absolute Gasteiger partial charge is 0.309 e. The van der Waals surface area contributed by atoms with E-state index in [9.17, 15) is 4.79 Å². The predicted molar refractivity (Wildman–Crippen MR) is 136 cm³/mol. The van der Waals surface area contributed by atoms with E-state index in [0.717, 1.165) is 28.2 Å². The third-order valence-electron chi connectivity index (χ3n) is 7.24. The van der Waals surface area contributed by atoms with Crippen molar-refractivity contribution in [2.24, 2.45) is 17.3 Å². The minimum absolute atomic E-state index is 0.0566. The van der Waals surface area contributed by atoms with Crippen molar-refractivity contribution in [2.45, 2.75) is 26.4 Å². The maximum absolute atomic E-state index is 12.6. The van der Waals surface area contributed by atoms with Gasteiger partial charge in [-0.3, -0.25) is 4.79 Å². The molecule has 0 spiro atoms. The first-order valence-electron chi connectivity index (χ1n) is 12.0. The van der Waals surface area contributed by atoms with Crippen molar-refractivity contribution in [3.05, 3.63) is 95.6 Å². The van der Waals surface area contributed by atoms with Crippen LogP contribution in [0.3, 0.4) is 0 Å². The van der Waals surface area contributed by atoms with Gasteiger partial charge in [0.25, 0.3) is 0 Å². The number of hydrogen-bond donors (Lipinski definition) is 0. The zero-order valence-electron chi connectivity index (χ0n) is 21.1. The van der Waals surface area contributed by atoms with Crippen LogP contribution in [-0.4, -0.2) is 33.4 Å². The van der Waals surface area contributed by atoms with E-state index in [1.54, 1.807) is 14.2 Å². The molecular weight excluding hydrogens is 440 g/mol. The van der Waals surface area contributed by atoms with Gasteiger partial charge in [-0.1, -0.05) is 68.4 Å². The van der Waals surface area contributed by atoms with Crippen LogP contribution in [0.4, 0.5) is 0 Å². The Labute approximate surface area is 208 Å². The van der Waals surface area contributed by atoms with Gasteiger partial charge in [0.05, 0.1) is 33.4 Å². The second-order valence-corrected chi connectivity index (χ2v) is 9.47. The van der Waals surface area contributed by atoms with Gasteiger partial charge in [-0.2, -0.15) is 0 Å². The highest BCUT2D eigenvalue weighted by Gasteiger charge is 2.63. The zero-order valence-corrected chi connectivity index (χ0v) is 21.1. The van der Waals surface area contributed by atoms with Crippen LogP contribution in [0.25, 0.3) is 0 Å². The molecule has 0 bridgehead atoms. The molecule has 5 nitrogen and oxygen atoms in total. The Bertz CT molecular complexity index is 1070. The Morgan fingerprint density at radius 3 is 1.74 bits per heavy atom. The summed E-state index contributed by atoms with van der Waals surface area (Å²) in [6, 6.07) is 26.1. The summed E-state index contributed by atoms with van der Waals surface area (Å²) in [6.07, 6.45) is 0. The highest BCUT2D eigenvalue weighted by molar-refractivity contribution is 5.77. The molecule has 3 aromatic rings.